The Morgan fingerprint density at radius 2 is 2.08 bits per heavy atom. The molecule has 0 aliphatic heterocycles. The van der Waals surface area contributed by atoms with Gasteiger partial charge in [-0.05, 0) is 43.7 Å². The molecule has 1 N–H and O–H groups in total. The molecule has 1 unspecified atom stereocenters. The zero-order valence-electron chi connectivity index (χ0n) is 14.5. The van der Waals surface area contributed by atoms with Crippen LogP contribution in [0.2, 0.25) is 0 Å². The number of thioether (sulfide) groups is 1. The number of furan rings is 1. The minimum Gasteiger partial charge on any atom is -0.461 e. The molecule has 3 aromatic rings. The van der Waals surface area contributed by atoms with E-state index in [0.717, 1.165) is 10.0 Å². The predicted molar refractivity (Wildman–Crippen MR) is 105 cm³/mol. The van der Waals surface area contributed by atoms with Crippen LogP contribution >= 0.6 is 27.7 Å². The van der Waals surface area contributed by atoms with E-state index in [4.69, 9.17) is 4.42 Å². The highest BCUT2D eigenvalue weighted by molar-refractivity contribution is 9.10. The van der Waals surface area contributed by atoms with Crippen molar-refractivity contribution in [3.8, 4) is 11.6 Å². The van der Waals surface area contributed by atoms with Gasteiger partial charge in [-0.25, -0.2) is 0 Å². The first-order valence-electron chi connectivity index (χ1n) is 8.23. The van der Waals surface area contributed by atoms with Crippen molar-refractivity contribution >= 4 is 33.6 Å². The molecule has 2 aromatic heterocycles. The van der Waals surface area contributed by atoms with E-state index in [0.29, 0.717) is 23.3 Å². The van der Waals surface area contributed by atoms with Gasteiger partial charge in [0.25, 0.3) is 0 Å². The number of hydrogen-bond donors (Lipinski definition) is 1. The molecule has 8 heteroatoms. The zero-order chi connectivity index (χ0) is 18.5. The Hall–Kier alpha value is -2.06. The van der Waals surface area contributed by atoms with Crippen molar-refractivity contribution < 1.29 is 9.21 Å². The van der Waals surface area contributed by atoms with Crippen LogP contribution in [0, 0.1) is 0 Å². The molecule has 0 aliphatic carbocycles. The van der Waals surface area contributed by atoms with E-state index in [1.807, 2.05) is 54.8 Å². The summed E-state index contributed by atoms with van der Waals surface area (Å²) in [5, 5.41) is 12.1. The normalized spacial score (nSPS) is 12.1. The van der Waals surface area contributed by atoms with Crippen LogP contribution in [-0.4, -0.2) is 26.4 Å². The zero-order valence-corrected chi connectivity index (χ0v) is 16.9. The van der Waals surface area contributed by atoms with Crippen molar-refractivity contribution in [2.45, 2.75) is 31.6 Å². The van der Waals surface area contributed by atoms with Gasteiger partial charge in [-0.1, -0.05) is 39.8 Å². The maximum Gasteiger partial charge on any atom is 0.230 e. The summed E-state index contributed by atoms with van der Waals surface area (Å²) in [6, 6.07) is 11.5. The highest BCUT2D eigenvalue weighted by Gasteiger charge is 2.17. The third-order valence-corrected chi connectivity index (χ3v) is 5.35. The summed E-state index contributed by atoms with van der Waals surface area (Å²) in [5.74, 6) is 1.57. The lowest BCUT2D eigenvalue weighted by atomic mass is 10.1. The molecule has 26 heavy (non-hydrogen) atoms. The molecule has 0 radical (unpaired) electrons. The quantitative estimate of drug-likeness (QED) is 0.561. The van der Waals surface area contributed by atoms with Gasteiger partial charge in [0.1, 0.15) is 0 Å². The topological polar surface area (TPSA) is 73.0 Å². The monoisotopic (exact) mass is 434 g/mol. The number of benzene rings is 1. The van der Waals surface area contributed by atoms with E-state index in [1.165, 1.54) is 11.8 Å². The van der Waals surface area contributed by atoms with Crippen LogP contribution in [0.15, 0.2) is 56.7 Å². The van der Waals surface area contributed by atoms with E-state index in [-0.39, 0.29) is 17.7 Å². The number of nitrogens with one attached hydrogen (secondary N) is 1. The Morgan fingerprint density at radius 1 is 1.31 bits per heavy atom. The van der Waals surface area contributed by atoms with E-state index < -0.39 is 0 Å². The number of carbonyl (C=O) groups excluding carboxylic acids is 1. The molecular formula is C18H19BrN4O2S. The smallest absolute Gasteiger partial charge is 0.230 e. The number of carbonyl (C=O) groups is 1. The molecule has 1 atom stereocenters. The molecule has 0 spiro atoms. The third kappa shape index (κ3) is 4.37. The molecular weight excluding hydrogens is 416 g/mol. The molecule has 136 valence electrons. The van der Waals surface area contributed by atoms with Crippen LogP contribution in [0.1, 0.15) is 25.5 Å². The number of nitrogens with zero attached hydrogens (tertiary/aromatic N) is 3. The maximum absolute atomic E-state index is 12.3. The molecule has 0 saturated carbocycles. The molecule has 1 amide bonds. The minimum atomic E-state index is -0.0566. The lowest BCUT2D eigenvalue weighted by Gasteiger charge is -2.14. The SMILES string of the molecule is CCn1c(SCC(=O)NC(C)c2ccc(Br)cc2)nnc1-c1ccco1. The van der Waals surface area contributed by atoms with Gasteiger partial charge in [0.2, 0.25) is 5.91 Å². The fourth-order valence-electron chi connectivity index (χ4n) is 2.52. The van der Waals surface area contributed by atoms with Gasteiger partial charge in [-0.3, -0.25) is 9.36 Å². The van der Waals surface area contributed by atoms with Crippen LogP contribution in [0.3, 0.4) is 0 Å². The van der Waals surface area contributed by atoms with Gasteiger partial charge < -0.3 is 9.73 Å². The molecule has 0 fully saturated rings. The molecule has 0 aliphatic rings. The van der Waals surface area contributed by atoms with Gasteiger partial charge in [-0.2, -0.15) is 0 Å². The van der Waals surface area contributed by atoms with Gasteiger partial charge in [-0.15, -0.1) is 10.2 Å². The first-order chi connectivity index (χ1) is 12.6. The van der Waals surface area contributed by atoms with Crippen molar-refractivity contribution in [2.75, 3.05) is 5.75 Å². The summed E-state index contributed by atoms with van der Waals surface area (Å²) in [6.07, 6.45) is 1.60. The van der Waals surface area contributed by atoms with E-state index in [9.17, 15) is 4.79 Å². The third-order valence-electron chi connectivity index (χ3n) is 3.85. The van der Waals surface area contributed by atoms with Crippen molar-refractivity contribution in [1.29, 1.82) is 0 Å². The summed E-state index contributed by atoms with van der Waals surface area (Å²) in [5.41, 5.74) is 1.06. The Balaban J connectivity index is 1.60. The predicted octanol–water partition coefficient (Wildman–Crippen LogP) is 4.29. The summed E-state index contributed by atoms with van der Waals surface area (Å²) >= 11 is 4.78. The van der Waals surface area contributed by atoms with Crippen LogP contribution in [-0.2, 0) is 11.3 Å². The molecule has 0 saturated heterocycles. The summed E-state index contributed by atoms with van der Waals surface area (Å²) in [6.45, 7) is 4.67. The molecule has 2 heterocycles. The van der Waals surface area contributed by atoms with Gasteiger partial charge in [0, 0.05) is 11.0 Å². The van der Waals surface area contributed by atoms with E-state index in [1.54, 1.807) is 6.26 Å². The van der Waals surface area contributed by atoms with Crippen LogP contribution in [0.25, 0.3) is 11.6 Å². The lowest BCUT2D eigenvalue weighted by Crippen LogP contribution is -2.28. The fraction of sp³-hybridized carbons (Fsp3) is 0.278. The Labute approximate surface area is 164 Å². The van der Waals surface area contributed by atoms with Gasteiger partial charge in [0.15, 0.2) is 16.7 Å². The largest absolute Gasteiger partial charge is 0.461 e. The maximum atomic E-state index is 12.3. The molecule has 0 bridgehead atoms. The minimum absolute atomic E-state index is 0.0457. The summed E-state index contributed by atoms with van der Waals surface area (Å²) in [4.78, 5) is 12.3. The van der Waals surface area contributed by atoms with Crippen molar-refractivity contribution in [2.24, 2.45) is 0 Å². The van der Waals surface area contributed by atoms with Gasteiger partial charge >= 0.3 is 0 Å². The Bertz CT molecular complexity index is 862. The highest BCUT2D eigenvalue weighted by Crippen LogP contribution is 2.24. The Morgan fingerprint density at radius 3 is 2.73 bits per heavy atom. The number of hydrogen-bond acceptors (Lipinski definition) is 5. The first kappa shape index (κ1) is 18.7. The van der Waals surface area contributed by atoms with Crippen LogP contribution in [0.4, 0.5) is 0 Å². The average molecular weight is 435 g/mol. The highest BCUT2D eigenvalue weighted by atomic mass is 79.9. The Kier molecular flexibility index (Phi) is 6.16. The van der Waals surface area contributed by atoms with E-state index in [2.05, 4.69) is 31.4 Å². The molecule has 3 rings (SSSR count). The second kappa shape index (κ2) is 8.55. The van der Waals surface area contributed by atoms with Crippen molar-refractivity contribution in [3.63, 3.8) is 0 Å². The number of amides is 1. The van der Waals surface area contributed by atoms with E-state index >= 15 is 0 Å². The standard InChI is InChI=1S/C18H19BrN4O2S/c1-3-23-17(15-5-4-10-25-15)21-22-18(23)26-11-16(24)20-12(2)13-6-8-14(19)9-7-13/h4-10,12H,3,11H2,1-2H3,(H,20,24). The number of rotatable bonds is 7. The number of aromatic nitrogens is 3. The van der Waals surface area contributed by atoms with Crippen LogP contribution in [0.5, 0.6) is 0 Å². The summed E-state index contributed by atoms with van der Waals surface area (Å²) < 4.78 is 8.35. The second-order valence-electron chi connectivity index (χ2n) is 5.66. The number of halogens is 1. The van der Waals surface area contributed by atoms with Gasteiger partial charge in [0.05, 0.1) is 18.1 Å². The summed E-state index contributed by atoms with van der Waals surface area (Å²) in [7, 11) is 0. The van der Waals surface area contributed by atoms with Crippen molar-refractivity contribution in [1.82, 2.24) is 20.1 Å². The first-order valence-corrected chi connectivity index (χ1v) is 10.0. The average Bonchev–Trinajstić information content (AvgIpc) is 3.29. The molecule has 6 nitrogen and oxygen atoms in total. The van der Waals surface area contributed by atoms with Crippen molar-refractivity contribution in [3.05, 3.63) is 52.7 Å². The van der Waals surface area contributed by atoms with Crippen LogP contribution < -0.4 is 5.32 Å². The second-order valence-corrected chi connectivity index (χ2v) is 7.52. The molecule has 1 aromatic carbocycles. The fourth-order valence-corrected chi connectivity index (χ4v) is 3.59. The lowest BCUT2D eigenvalue weighted by molar-refractivity contribution is -0.119.